The highest BCUT2D eigenvalue weighted by atomic mass is 19.4. The molecule has 13 heteroatoms. The Balaban J connectivity index is 2.88. The lowest BCUT2D eigenvalue weighted by Gasteiger charge is -2.32. The topological polar surface area (TPSA) is 143 Å². The summed E-state index contributed by atoms with van der Waals surface area (Å²) in [6.45, 7) is 3.07. The molecular formula is C22H26F3N3O7. The van der Waals surface area contributed by atoms with E-state index in [9.17, 15) is 32.9 Å². The van der Waals surface area contributed by atoms with E-state index in [1.165, 1.54) is 19.9 Å². The number of rotatable bonds is 10. The van der Waals surface area contributed by atoms with Crippen LogP contribution in [0, 0.1) is 10.1 Å². The number of allylic oxidation sites excluding steroid dienone is 2. The number of hydrogen-bond acceptors (Lipinski definition) is 9. The number of nitrogens with zero attached hydrogens (tertiary/aromatic N) is 1. The summed E-state index contributed by atoms with van der Waals surface area (Å²) in [5.74, 6) is -4.17. The first-order valence-corrected chi connectivity index (χ1v) is 10.6. The molecule has 1 aliphatic heterocycles. The number of nitro benzene ring substituents is 1. The molecule has 0 aliphatic carbocycles. The molecule has 35 heavy (non-hydrogen) atoms. The Morgan fingerprint density at radius 3 is 2.43 bits per heavy atom. The lowest BCUT2D eigenvalue weighted by atomic mass is 9.79. The molecule has 0 aromatic heterocycles. The average molecular weight is 501 g/mol. The molecular weight excluding hydrogens is 475 g/mol. The maximum absolute atomic E-state index is 14.0. The molecule has 0 bridgehead atoms. The van der Waals surface area contributed by atoms with Crippen LogP contribution >= 0.6 is 0 Å². The number of nitrogens with two attached hydrogens (primary N) is 1. The molecule has 0 radical (unpaired) electrons. The van der Waals surface area contributed by atoms with Gasteiger partial charge in [-0.1, -0.05) is 0 Å². The van der Waals surface area contributed by atoms with Gasteiger partial charge in [-0.2, -0.15) is 13.2 Å². The number of unbranched alkanes of at least 4 members (excludes halogenated alkanes) is 1. The summed E-state index contributed by atoms with van der Waals surface area (Å²) in [6.07, 6.45) is -3.97. The molecule has 1 aromatic carbocycles. The van der Waals surface area contributed by atoms with Crippen molar-refractivity contribution in [3.05, 3.63) is 56.4 Å². The number of non-ortho nitro benzene ring substituents is 1. The lowest BCUT2D eigenvalue weighted by Crippen LogP contribution is -2.38. The van der Waals surface area contributed by atoms with Crippen LogP contribution in [-0.4, -0.2) is 49.9 Å². The van der Waals surface area contributed by atoms with Crippen LogP contribution in [-0.2, 0) is 19.1 Å². The van der Waals surface area contributed by atoms with Gasteiger partial charge in [0, 0.05) is 23.4 Å². The minimum Gasteiger partial charge on any atom is -0.493 e. The van der Waals surface area contributed by atoms with Crippen LogP contribution in [0.4, 0.5) is 18.9 Å². The minimum absolute atomic E-state index is 0.0444. The zero-order valence-corrected chi connectivity index (χ0v) is 19.4. The highest BCUT2D eigenvalue weighted by molar-refractivity contribution is 6.00. The van der Waals surface area contributed by atoms with Gasteiger partial charge in [-0.25, -0.2) is 9.59 Å². The van der Waals surface area contributed by atoms with Crippen LogP contribution < -0.4 is 15.8 Å². The Kier molecular flexibility index (Phi) is 9.23. The Morgan fingerprint density at radius 2 is 1.89 bits per heavy atom. The number of alkyl halides is 3. The maximum atomic E-state index is 14.0. The smallest absolute Gasteiger partial charge is 0.431 e. The van der Waals surface area contributed by atoms with Gasteiger partial charge in [-0.3, -0.25) is 10.1 Å². The quantitative estimate of drug-likeness (QED) is 0.214. The summed E-state index contributed by atoms with van der Waals surface area (Å²) in [4.78, 5) is 36.3. The summed E-state index contributed by atoms with van der Waals surface area (Å²) in [6, 6.07) is 3.28. The average Bonchev–Trinajstić information content (AvgIpc) is 2.80. The zero-order valence-electron chi connectivity index (χ0n) is 19.4. The summed E-state index contributed by atoms with van der Waals surface area (Å²) >= 11 is 0. The number of esters is 2. The highest BCUT2D eigenvalue weighted by Crippen LogP contribution is 2.46. The zero-order chi connectivity index (χ0) is 26.3. The standard InChI is InChI=1S/C22H26F3N3O7/c1-4-34-21(30)16-12(2)27-19(22(23,24)25)18(20(29)33-3)17(16)14-11-13(28(31)32)7-8-15(14)35-10-6-5-9-26/h7-8,11,17,27H,4-6,9-10,26H2,1-3H3. The molecule has 1 unspecified atom stereocenters. The van der Waals surface area contributed by atoms with Gasteiger partial charge in [-0.15, -0.1) is 0 Å². The first-order chi connectivity index (χ1) is 16.5. The van der Waals surface area contributed by atoms with Crippen molar-refractivity contribution < 1.29 is 41.9 Å². The number of hydrogen-bond donors (Lipinski definition) is 2. The van der Waals surface area contributed by atoms with E-state index in [4.69, 9.17) is 15.2 Å². The summed E-state index contributed by atoms with van der Waals surface area (Å²) in [5, 5.41) is 13.5. The van der Waals surface area contributed by atoms with Crippen molar-refractivity contribution in [3.63, 3.8) is 0 Å². The second-order valence-electron chi connectivity index (χ2n) is 7.42. The van der Waals surface area contributed by atoms with Crippen molar-refractivity contribution in [1.29, 1.82) is 0 Å². The Morgan fingerprint density at radius 1 is 1.20 bits per heavy atom. The van der Waals surface area contributed by atoms with Crippen LogP contribution in [0.5, 0.6) is 5.75 Å². The lowest BCUT2D eigenvalue weighted by molar-refractivity contribution is -0.384. The molecule has 1 heterocycles. The van der Waals surface area contributed by atoms with E-state index in [0.717, 1.165) is 19.2 Å². The van der Waals surface area contributed by atoms with Crippen LogP contribution in [0.1, 0.15) is 38.2 Å². The van der Waals surface area contributed by atoms with Crippen molar-refractivity contribution in [1.82, 2.24) is 5.32 Å². The predicted molar refractivity (Wildman–Crippen MR) is 117 cm³/mol. The normalized spacial score (nSPS) is 16.0. The number of carbonyl (C=O) groups excluding carboxylic acids is 2. The maximum Gasteiger partial charge on any atom is 0.431 e. The Hall–Kier alpha value is -3.61. The minimum atomic E-state index is -5.05. The first-order valence-electron chi connectivity index (χ1n) is 10.6. The number of ether oxygens (including phenoxy) is 3. The third-order valence-electron chi connectivity index (χ3n) is 5.12. The van der Waals surface area contributed by atoms with E-state index >= 15 is 0 Å². The van der Waals surface area contributed by atoms with Gasteiger partial charge in [0.25, 0.3) is 5.69 Å². The molecule has 1 aromatic rings. The van der Waals surface area contributed by atoms with Crippen LogP contribution in [0.15, 0.2) is 40.7 Å². The number of methoxy groups -OCH3 is 1. The summed E-state index contributed by atoms with van der Waals surface area (Å²) in [5.41, 5.74) is 1.79. The van der Waals surface area contributed by atoms with E-state index < -0.39 is 45.9 Å². The van der Waals surface area contributed by atoms with Gasteiger partial charge < -0.3 is 25.3 Å². The van der Waals surface area contributed by atoms with Gasteiger partial charge in [0.2, 0.25) is 0 Å². The number of nitrogens with one attached hydrogen (secondary N) is 1. The molecule has 1 atom stereocenters. The van der Waals surface area contributed by atoms with Crippen LogP contribution in [0.3, 0.4) is 0 Å². The fourth-order valence-electron chi connectivity index (χ4n) is 3.61. The van der Waals surface area contributed by atoms with Crippen molar-refractivity contribution in [3.8, 4) is 5.75 Å². The van der Waals surface area contributed by atoms with Crippen LogP contribution in [0.2, 0.25) is 0 Å². The molecule has 0 fully saturated rings. The number of benzene rings is 1. The molecule has 0 spiro atoms. The monoisotopic (exact) mass is 501 g/mol. The third-order valence-corrected chi connectivity index (χ3v) is 5.12. The van der Waals surface area contributed by atoms with E-state index in [-0.39, 0.29) is 35.8 Å². The number of halogens is 3. The van der Waals surface area contributed by atoms with E-state index in [0.29, 0.717) is 19.4 Å². The van der Waals surface area contributed by atoms with Gasteiger partial charge in [0.15, 0.2) is 0 Å². The third kappa shape index (κ3) is 6.29. The van der Waals surface area contributed by atoms with Gasteiger partial charge >= 0.3 is 18.1 Å². The highest BCUT2D eigenvalue weighted by Gasteiger charge is 2.48. The number of carbonyl (C=O) groups is 2. The second-order valence-corrected chi connectivity index (χ2v) is 7.42. The number of dihydropyridines is 1. The molecule has 3 N–H and O–H groups in total. The second kappa shape index (κ2) is 11.7. The van der Waals surface area contributed by atoms with Gasteiger partial charge in [0.05, 0.1) is 42.3 Å². The van der Waals surface area contributed by atoms with E-state index in [2.05, 4.69) is 10.1 Å². The van der Waals surface area contributed by atoms with E-state index in [1.807, 2.05) is 0 Å². The van der Waals surface area contributed by atoms with Crippen LogP contribution in [0.25, 0.3) is 0 Å². The van der Waals surface area contributed by atoms with Crippen molar-refractivity contribution >= 4 is 17.6 Å². The molecule has 0 saturated heterocycles. The molecule has 192 valence electrons. The Bertz CT molecular complexity index is 1050. The fourth-order valence-corrected chi connectivity index (χ4v) is 3.61. The predicted octanol–water partition coefficient (Wildman–Crippen LogP) is 3.23. The van der Waals surface area contributed by atoms with E-state index in [1.54, 1.807) is 0 Å². The van der Waals surface area contributed by atoms with Gasteiger partial charge in [0.1, 0.15) is 11.4 Å². The Labute approximate surface area is 199 Å². The SMILES string of the molecule is CCOC(=O)C1=C(C)NC(C(F)(F)F)=C(C(=O)OC)C1c1cc([N+](=O)[O-])ccc1OCCCCN. The largest absolute Gasteiger partial charge is 0.493 e. The first kappa shape index (κ1) is 27.6. The summed E-state index contributed by atoms with van der Waals surface area (Å²) in [7, 11) is 0.882. The molecule has 10 nitrogen and oxygen atoms in total. The van der Waals surface area contributed by atoms with Crippen molar-refractivity contribution in [2.75, 3.05) is 26.9 Å². The molecule has 1 aliphatic rings. The molecule has 0 amide bonds. The number of nitro groups is 1. The van der Waals surface area contributed by atoms with Crippen molar-refractivity contribution in [2.45, 2.75) is 38.8 Å². The van der Waals surface area contributed by atoms with Gasteiger partial charge in [-0.05, 0) is 39.3 Å². The fraction of sp³-hybridized carbons (Fsp3) is 0.455. The molecule has 2 rings (SSSR count). The summed E-state index contributed by atoms with van der Waals surface area (Å²) < 4.78 is 57.4. The molecule has 0 saturated carbocycles. The van der Waals surface area contributed by atoms with Crippen molar-refractivity contribution in [2.24, 2.45) is 5.73 Å².